The van der Waals surface area contributed by atoms with Gasteiger partial charge in [-0.1, -0.05) is 55.8 Å². The molecule has 0 spiro atoms. The van der Waals surface area contributed by atoms with Crippen molar-refractivity contribution in [2.75, 3.05) is 4.90 Å². The minimum absolute atomic E-state index is 0.102. The van der Waals surface area contributed by atoms with Gasteiger partial charge in [0, 0.05) is 12.1 Å². The molecular formula is C26H29ClN4O3. The third-order valence-electron chi connectivity index (χ3n) is 6.95. The average molecular weight is 481 g/mol. The number of furan rings is 1. The van der Waals surface area contributed by atoms with Crippen LogP contribution in [0.5, 0.6) is 0 Å². The van der Waals surface area contributed by atoms with Crippen molar-refractivity contribution in [3.8, 4) is 11.5 Å². The monoisotopic (exact) mass is 480 g/mol. The number of hydrogen-bond acceptors (Lipinski definition) is 4. The van der Waals surface area contributed by atoms with E-state index in [1.54, 1.807) is 48.2 Å². The Morgan fingerprint density at radius 2 is 1.85 bits per heavy atom. The third kappa shape index (κ3) is 4.13. The Morgan fingerprint density at radius 3 is 2.56 bits per heavy atom. The van der Waals surface area contributed by atoms with Gasteiger partial charge >= 0.3 is 0 Å². The number of para-hydroxylation sites is 1. The number of carbonyl (C=O) groups is 2. The normalized spacial score (nSPS) is 21.6. The van der Waals surface area contributed by atoms with Crippen LogP contribution in [-0.4, -0.2) is 33.2 Å². The maximum atomic E-state index is 13.9. The lowest BCUT2D eigenvalue weighted by Gasteiger charge is -2.44. The fraction of sp³-hybridized carbons (Fsp3) is 0.423. The van der Waals surface area contributed by atoms with Crippen molar-refractivity contribution >= 4 is 29.1 Å². The van der Waals surface area contributed by atoms with E-state index in [0.717, 1.165) is 25.7 Å². The van der Waals surface area contributed by atoms with Crippen molar-refractivity contribution in [1.82, 2.24) is 15.1 Å². The molecule has 0 bridgehead atoms. The van der Waals surface area contributed by atoms with Gasteiger partial charge in [-0.25, -0.2) is 0 Å². The van der Waals surface area contributed by atoms with Crippen LogP contribution in [0.2, 0.25) is 5.02 Å². The molecule has 2 aromatic heterocycles. The van der Waals surface area contributed by atoms with Crippen molar-refractivity contribution in [3.05, 3.63) is 59.4 Å². The molecular weight excluding hydrogens is 452 g/mol. The average Bonchev–Trinajstić information content (AvgIpc) is 3.46. The van der Waals surface area contributed by atoms with Crippen LogP contribution in [0.3, 0.4) is 0 Å². The van der Waals surface area contributed by atoms with Gasteiger partial charge in [0.1, 0.15) is 16.9 Å². The number of benzene rings is 1. The predicted molar refractivity (Wildman–Crippen MR) is 131 cm³/mol. The Bertz CT molecular complexity index is 1180. The molecule has 7 nitrogen and oxygen atoms in total. The summed E-state index contributed by atoms with van der Waals surface area (Å²) in [5.41, 5.74) is 0.250. The number of rotatable bonds is 4. The van der Waals surface area contributed by atoms with E-state index < -0.39 is 5.54 Å². The third-order valence-corrected chi connectivity index (χ3v) is 7.27. The van der Waals surface area contributed by atoms with Crippen LogP contribution in [-0.2, 0) is 11.3 Å². The Hall–Kier alpha value is -3.06. The molecule has 5 rings (SSSR count). The summed E-state index contributed by atoms with van der Waals surface area (Å²) in [6, 6.07) is 12.5. The van der Waals surface area contributed by atoms with E-state index in [-0.39, 0.29) is 24.4 Å². The second-order valence-electron chi connectivity index (χ2n) is 9.43. The van der Waals surface area contributed by atoms with E-state index in [9.17, 15) is 9.59 Å². The van der Waals surface area contributed by atoms with E-state index in [1.165, 1.54) is 24.2 Å². The Balaban J connectivity index is 1.53. The SMILES string of the molecule is CC1(C(=O)NC2CCCCCCC2)Cn2nc(-c3ccco3)cc2C(=O)N1c1ccccc1Cl. The molecule has 0 saturated heterocycles. The molecule has 1 saturated carbocycles. The van der Waals surface area contributed by atoms with E-state index in [0.29, 0.717) is 27.9 Å². The molecule has 1 N–H and O–H groups in total. The van der Waals surface area contributed by atoms with Gasteiger partial charge < -0.3 is 9.73 Å². The summed E-state index contributed by atoms with van der Waals surface area (Å²) in [5, 5.41) is 8.29. The number of carbonyl (C=O) groups excluding carboxylic acids is 2. The molecule has 178 valence electrons. The number of aromatic nitrogens is 2. The molecule has 3 heterocycles. The highest BCUT2D eigenvalue weighted by molar-refractivity contribution is 6.34. The van der Waals surface area contributed by atoms with Gasteiger partial charge in [-0.2, -0.15) is 5.10 Å². The highest BCUT2D eigenvalue weighted by atomic mass is 35.5. The fourth-order valence-electron chi connectivity index (χ4n) is 5.08. The van der Waals surface area contributed by atoms with Gasteiger partial charge in [-0.05, 0) is 44.0 Å². The van der Waals surface area contributed by atoms with Crippen molar-refractivity contribution in [1.29, 1.82) is 0 Å². The predicted octanol–water partition coefficient (Wildman–Crippen LogP) is 5.44. The summed E-state index contributed by atoms with van der Waals surface area (Å²) >= 11 is 6.54. The molecule has 8 heteroatoms. The zero-order valence-corrected chi connectivity index (χ0v) is 20.1. The van der Waals surface area contributed by atoms with Gasteiger partial charge in [0.15, 0.2) is 5.76 Å². The molecule has 2 amide bonds. The lowest BCUT2D eigenvalue weighted by atomic mass is 9.91. The number of nitrogens with one attached hydrogen (secondary N) is 1. The molecule has 2 aliphatic rings. The smallest absolute Gasteiger partial charge is 0.277 e. The summed E-state index contributed by atoms with van der Waals surface area (Å²) in [5.74, 6) is 0.0617. The number of hydrogen-bond donors (Lipinski definition) is 1. The van der Waals surface area contributed by atoms with Crippen molar-refractivity contribution in [2.24, 2.45) is 0 Å². The van der Waals surface area contributed by atoms with Crippen LogP contribution < -0.4 is 10.2 Å². The van der Waals surface area contributed by atoms with Crippen LogP contribution in [0.25, 0.3) is 11.5 Å². The number of halogens is 1. The fourth-order valence-corrected chi connectivity index (χ4v) is 5.30. The summed E-state index contributed by atoms with van der Waals surface area (Å²) in [6.45, 7) is 2.00. The molecule has 1 aliphatic heterocycles. The first-order chi connectivity index (χ1) is 16.5. The highest BCUT2D eigenvalue weighted by Gasteiger charge is 2.49. The molecule has 1 atom stereocenters. The highest BCUT2D eigenvalue weighted by Crippen LogP contribution is 2.37. The lowest BCUT2D eigenvalue weighted by molar-refractivity contribution is -0.127. The summed E-state index contributed by atoms with van der Waals surface area (Å²) < 4.78 is 7.10. The lowest BCUT2D eigenvalue weighted by Crippen LogP contribution is -2.65. The molecule has 0 radical (unpaired) electrons. The van der Waals surface area contributed by atoms with Gasteiger partial charge in [-0.15, -0.1) is 0 Å². The quantitative estimate of drug-likeness (QED) is 0.538. The van der Waals surface area contributed by atoms with Gasteiger partial charge in [0.25, 0.3) is 5.91 Å². The topological polar surface area (TPSA) is 80.4 Å². The van der Waals surface area contributed by atoms with Crippen LogP contribution in [0.1, 0.15) is 62.4 Å². The second kappa shape index (κ2) is 9.29. The zero-order chi connectivity index (χ0) is 23.7. The van der Waals surface area contributed by atoms with E-state index in [4.69, 9.17) is 16.0 Å². The number of nitrogens with zero attached hydrogens (tertiary/aromatic N) is 3. The Kier molecular flexibility index (Phi) is 6.21. The van der Waals surface area contributed by atoms with Crippen LogP contribution in [0, 0.1) is 0 Å². The van der Waals surface area contributed by atoms with Crippen molar-refractivity contribution in [3.63, 3.8) is 0 Å². The Morgan fingerprint density at radius 1 is 1.12 bits per heavy atom. The van der Waals surface area contributed by atoms with Crippen LogP contribution in [0.4, 0.5) is 5.69 Å². The molecule has 34 heavy (non-hydrogen) atoms. The Labute approximate surface area is 204 Å². The van der Waals surface area contributed by atoms with Crippen molar-refractivity contribution < 1.29 is 14.0 Å². The number of fused-ring (bicyclic) bond motifs is 1. The largest absolute Gasteiger partial charge is 0.463 e. The summed E-state index contributed by atoms with van der Waals surface area (Å²) in [7, 11) is 0. The minimum Gasteiger partial charge on any atom is -0.463 e. The maximum absolute atomic E-state index is 13.9. The van der Waals surface area contributed by atoms with E-state index in [1.807, 2.05) is 12.1 Å². The first-order valence-electron chi connectivity index (χ1n) is 12.0. The van der Waals surface area contributed by atoms with Crippen molar-refractivity contribution in [2.45, 2.75) is 70.0 Å². The second-order valence-corrected chi connectivity index (χ2v) is 9.84. The number of anilines is 1. The molecule has 1 fully saturated rings. The minimum atomic E-state index is -1.20. The standard InChI is InChI=1S/C26H29ClN4O3/c1-26(25(33)28-18-10-5-3-2-4-6-11-18)17-30-22(16-20(29-30)23-14-9-15-34-23)24(32)31(26)21-13-8-7-12-19(21)27/h7-9,12-16,18H,2-6,10-11,17H2,1H3,(H,28,33). The van der Waals surface area contributed by atoms with E-state index in [2.05, 4.69) is 10.4 Å². The van der Waals surface area contributed by atoms with Gasteiger partial charge in [-0.3, -0.25) is 19.2 Å². The summed E-state index contributed by atoms with van der Waals surface area (Å²) in [4.78, 5) is 29.3. The van der Waals surface area contributed by atoms with Gasteiger partial charge in [0.2, 0.25) is 5.91 Å². The van der Waals surface area contributed by atoms with Crippen LogP contribution in [0.15, 0.2) is 53.1 Å². The first-order valence-corrected chi connectivity index (χ1v) is 12.4. The molecule has 1 aliphatic carbocycles. The maximum Gasteiger partial charge on any atom is 0.277 e. The number of amides is 2. The zero-order valence-electron chi connectivity index (χ0n) is 19.3. The van der Waals surface area contributed by atoms with Gasteiger partial charge in [0.05, 0.1) is 23.5 Å². The molecule has 1 aromatic carbocycles. The molecule has 1 unspecified atom stereocenters. The van der Waals surface area contributed by atoms with Crippen LogP contribution >= 0.6 is 11.6 Å². The first kappa shape index (κ1) is 22.7. The molecule has 3 aromatic rings. The summed E-state index contributed by atoms with van der Waals surface area (Å²) in [6.07, 6.45) is 9.33. The van der Waals surface area contributed by atoms with E-state index >= 15 is 0 Å².